The number of unbranched alkanes of at least 4 members (excludes halogenated alkanes) is 6. The number of phenolic OH excluding ortho intramolecular Hbond substituents is 1. The fraction of sp³-hybridized carbons (Fsp3) is 0.455. The minimum atomic E-state index is 0.414. The van der Waals surface area contributed by atoms with Crippen LogP contribution in [-0.4, -0.2) is 5.11 Å². The van der Waals surface area contributed by atoms with Gasteiger partial charge in [0, 0.05) is 6.42 Å². The quantitative estimate of drug-likeness (QED) is 0.512. The second kappa shape index (κ2) is 10.1. The highest BCUT2D eigenvalue weighted by molar-refractivity contribution is 5.39. The van der Waals surface area contributed by atoms with E-state index in [4.69, 9.17) is 0 Å². The van der Waals surface area contributed by atoms with Crippen molar-refractivity contribution in [1.82, 2.24) is 0 Å². The summed E-state index contributed by atoms with van der Waals surface area (Å²) in [5.41, 5.74) is 3.63. The summed E-state index contributed by atoms with van der Waals surface area (Å²) < 4.78 is 0. The van der Waals surface area contributed by atoms with E-state index in [1.54, 1.807) is 0 Å². The Labute approximate surface area is 141 Å². The minimum absolute atomic E-state index is 0.414. The molecule has 0 aliphatic rings. The van der Waals surface area contributed by atoms with Gasteiger partial charge in [-0.25, -0.2) is 0 Å². The smallest absolute Gasteiger partial charge is 0.119 e. The summed E-state index contributed by atoms with van der Waals surface area (Å²) in [6, 6.07) is 16.5. The van der Waals surface area contributed by atoms with Crippen molar-refractivity contribution in [3.8, 4) is 5.75 Å². The Hall–Kier alpha value is -1.76. The number of hydrogen-bond donors (Lipinski definition) is 1. The van der Waals surface area contributed by atoms with Crippen LogP contribution >= 0.6 is 0 Å². The lowest BCUT2D eigenvalue weighted by atomic mass is 9.99. The van der Waals surface area contributed by atoms with E-state index >= 15 is 0 Å². The Kier molecular flexibility index (Phi) is 7.72. The highest BCUT2D eigenvalue weighted by atomic mass is 16.3. The molecule has 0 aromatic heterocycles. The summed E-state index contributed by atoms with van der Waals surface area (Å²) in [5.74, 6) is 0.414. The topological polar surface area (TPSA) is 20.2 Å². The maximum atomic E-state index is 10.1. The molecule has 1 heteroatoms. The Bertz CT molecular complexity index is 559. The van der Waals surface area contributed by atoms with E-state index in [0.29, 0.717) is 5.75 Å². The standard InChI is InChI=1S/C22H30O/c1-2-3-4-5-6-7-9-14-20-15-16-22(23)21(18-20)17-19-12-10-8-11-13-19/h8,10-13,15-16,18,23H,2-7,9,14,17H2,1H3. The molecular weight excluding hydrogens is 280 g/mol. The van der Waals surface area contributed by atoms with Gasteiger partial charge >= 0.3 is 0 Å². The molecule has 0 unspecified atom stereocenters. The monoisotopic (exact) mass is 310 g/mol. The minimum Gasteiger partial charge on any atom is -0.508 e. The lowest BCUT2D eigenvalue weighted by Gasteiger charge is -2.08. The van der Waals surface area contributed by atoms with Crippen LogP contribution in [0.2, 0.25) is 0 Å². The van der Waals surface area contributed by atoms with Crippen LogP contribution in [0.1, 0.15) is 68.6 Å². The van der Waals surface area contributed by atoms with Crippen LogP contribution in [0.25, 0.3) is 0 Å². The number of benzene rings is 2. The molecule has 0 bridgehead atoms. The lowest BCUT2D eigenvalue weighted by molar-refractivity contribution is 0.469. The van der Waals surface area contributed by atoms with Crippen molar-refractivity contribution in [3.63, 3.8) is 0 Å². The molecular formula is C22H30O. The van der Waals surface area contributed by atoms with Crippen molar-refractivity contribution in [2.24, 2.45) is 0 Å². The molecule has 2 rings (SSSR count). The van der Waals surface area contributed by atoms with Gasteiger partial charge in [0.15, 0.2) is 0 Å². The molecule has 0 heterocycles. The van der Waals surface area contributed by atoms with E-state index in [0.717, 1.165) is 18.4 Å². The molecule has 23 heavy (non-hydrogen) atoms. The first-order valence-corrected chi connectivity index (χ1v) is 9.14. The molecule has 124 valence electrons. The molecule has 1 N–H and O–H groups in total. The molecule has 2 aromatic rings. The summed E-state index contributed by atoms with van der Waals surface area (Å²) in [6.45, 7) is 2.26. The average Bonchev–Trinajstić information content (AvgIpc) is 2.58. The molecule has 2 aromatic carbocycles. The van der Waals surface area contributed by atoms with Gasteiger partial charge in [0.2, 0.25) is 0 Å². The fourth-order valence-electron chi connectivity index (χ4n) is 3.04. The van der Waals surface area contributed by atoms with Crippen molar-refractivity contribution in [3.05, 3.63) is 65.2 Å². The largest absolute Gasteiger partial charge is 0.508 e. The van der Waals surface area contributed by atoms with Crippen LogP contribution < -0.4 is 0 Å². The summed E-state index contributed by atoms with van der Waals surface area (Å²) >= 11 is 0. The molecule has 0 aliphatic heterocycles. The van der Waals surface area contributed by atoms with Crippen molar-refractivity contribution in [2.75, 3.05) is 0 Å². The maximum Gasteiger partial charge on any atom is 0.119 e. The zero-order valence-corrected chi connectivity index (χ0v) is 14.4. The summed E-state index contributed by atoms with van der Waals surface area (Å²) in [4.78, 5) is 0. The normalized spacial score (nSPS) is 10.8. The first-order chi connectivity index (χ1) is 11.3. The molecule has 0 fully saturated rings. The Morgan fingerprint density at radius 3 is 2.17 bits per heavy atom. The van der Waals surface area contributed by atoms with E-state index in [1.807, 2.05) is 12.1 Å². The Balaban J connectivity index is 1.80. The van der Waals surface area contributed by atoms with Gasteiger partial charge in [-0.1, -0.05) is 87.9 Å². The molecule has 0 radical (unpaired) electrons. The molecule has 0 saturated heterocycles. The molecule has 0 atom stereocenters. The molecule has 0 spiro atoms. The molecule has 0 amide bonds. The Morgan fingerprint density at radius 2 is 1.43 bits per heavy atom. The number of aromatic hydroxyl groups is 1. The molecule has 1 nitrogen and oxygen atoms in total. The zero-order chi connectivity index (χ0) is 16.3. The van der Waals surface area contributed by atoms with Crippen LogP contribution in [0.4, 0.5) is 0 Å². The van der Waals surface area contributed by atoms with Gasteiger partial charge in [-0.05, 0) is 35.6 Å². The van der Waals surface area contributed by atoms with Crippen molar-refractivity contribution in [1.29, 1.82) is 0 Å². The van der Waals surface area contributed by atoms with Gasteiger partial charge < -0.3 is 5.11 Å². The number of aryl methyl sites for hydroxylation is 1. The van der Waals surface area contributed by atoms with Crippen LogP contribution in [0.3, 0.4) is 0 Å². The van der Waals surface area contributed by atoms with Gasteiger partial charge in [-0.2, -0.15) is 0 Å². The Morgan fingerprint density at radius 1 is 0.739 bits per heavy atom. The second-order valence-corrected chi connectivity index (χ2v) is 6.50. The number of rotatable bonds is 10. The van der Waals surface area contributed by atoms with E-state index < -0.39 is 0 Å². The van der Waals surface area contributed by atoms with Gasteiger partial charge in [-0.3, -0.25) is 0 Å². The maximum absolute atomic E-state index is 10.1. The fourth-order valence-corrected chi connectivity index (χ4v) is 3.04. The third-order valence-electron chi connectivity index (χ3n) is 4.45. The van der Waals surface area contributed by atoms with Gasteiger partial charge in [0.05, 0.1) is 0 Å². The molecule has 0 saturated carbocycles. The third-order valence-corrected chi connectivity index (χ3v) is 4.45. The molecule has 0 aliphatic carbocycles. The zero-order valence-electron chi connectivity index (χ0n) is 14.4. The van der Waals surface area contributed by atoms with Crippen LogP contribution in [-0.2, 0) is 12.8 Å². The van der Waals surface area contributed by atoms with Crippen molar-refractivity contribution in [2.45, 2.75) is 64.7 Å². The van der Waals surface area contributed by atoms with Gasteiger partial charge in [-0.15, -0.1) is 0 Å². The van der Waals surface area contributed by atoms with Gasteiger partial charge in [0.25, 0.3) is 0 Å². The van der Waals surface area contributed by atoms with Crippen molar-refractivity contribution >= 4 is 0 Å². The van der Waals surface area contributed by atoms with E-state index in [1.165, 1.54) is 56.1 Å². The third kappa shape index (κ3) is 6.48. The second-order valence-electron chi connectivity index (χ2n) is 6.50. The first-order valence-electron chi connectivity index (χ1n) is 9.14. The lowest BCUT2D eigenvalue weighted by Crippen LogP contribution is -1.93. The predicted octanol–water partition coefficient (Wildman–Crippen LogP) is 6.28. The highest BCUT2D eigenvalue weighted by Gasteiger charge is 2.04. The van der Waals surface area contributed by atoms with E-state index in [9.17, 15) is 5.11 Å². The highest BCUT2D eigenvalue weighted by Crippen LogP contribution is 2.23. The van der Waals surface area contributed by atoms with Crippen LogP contribution in [0.15, 0.2) is 48.5 Å². The predicted molar refractivity (Wildman–Crippen MR) is 99.1 cm³/mol. The van der Waals surface area contributed by atoms with Crippen molar-refractivity contribution < 1.29 is 5.11 Å². The first kappa shape index (κ1) is 17.6. The van der Waals surface area contributed by atoms with Gasteiger partial charge in [0.1, 0.15) is 5.75 Å². The summed E-state index contributed by atoms with van der Waals surface area (Å²) in [7, 11) is 0. The van der Waals surface area contributed by atoms with E-state index in [2.05, 4.69) is 43.3 Å². The van der Waals surface area contributed by atoms with E-state index in [-0.39, 0.29) is 0 Å². The summed E-state index contributed by atoms with van der Waals surface area (Å²) in [5, 5.41) is 10.1. The SMILES string of the molecule is CCCCCCCCCc1ccc(O)c(Cc2ccccc2)c1. The average molecular weight is 310 g/mol. The summed E-state index contributed by atoms with van der Waals surface area (Å²) in [6.07, 6.45) is 11.3. The van der Waals surface area contributed by atoms with Crippen LogP contribution in [0.5, 0.6) is 5.75 Å². The number of hydrogen-bond acceptors (Lipinski definition) is 1. The number of phenols is 1. The van der Waals surface area contributed by atoms with Crippen LogP contribution in [0, 0.1) is 0 Å².